The molecule has 22 heavy (non-hydrogen) atoms. The molecule has 0 radical (unpaired) electrons. The first-order valence-corrected chi connectivity index (χ1v) is 6.91. The van der Waals surface area contributed by atoms with Crippen molar-refractivity contribution in [1.29, 1.82) is 0 Å². The van der Waals surface area contributed by atoms with Crippen molar-refractivity contribution in [1.82, 2.24) is 15.5 Å². The van der Waals surface area contributed by atoms with Crippen molar-refractivity contribution in [2.75, 3.05) is 0 Å². The molecular weight excluding hydrogens is 282 g/mol. The number of amides is 1. The Morgan fingerprint density at radius 1 is 1.32 bits per heavy atom. The second-order valence-corrected chi connectivity index (χ2v) is 5.11. The molecule has 112 valence electrons. The predicted octanol–water partition coefficient (Wildman–Crippen LogP) is 1.77. The molecule has 1 aromatic heterocycles. The van der Waals surface area contributed by atoms with Gasteiger partial charge in [-0.25, -0.2) is 9.89 Å². The number of fused-ring (bicyclic) bond motifs is 1. The molecule has 1 amide bonds. The highest BCUT2D eigenvalue weighted by molar-refractivity contribution is 5.69. The van der Waals surface area contributed by atoms with E-state index in [9.17, 15) is 9.59 Å². The average Bonchev–Trinajstić information content (AvgIpc) is 2.89. The monoisotopic (exact) mass is 297 g/mol. The molecule has 1 aromatic carbocycles. The number of carbonyl (C=O) groups is 1. The number of aromatic amines is 1. The number of hydrogen-bond acceptors (Lipinski definition) is 4. The third-order valence-corrected chi connectivity index (χ3v) is 3.63. The summed E-state index contributed by atoms with van der Waals surface area (Å²) in [5.41, 5.74) is 3.77. The molecule has 0 saturated carbocycles. The van der Waals surface area contributed by atoms with Gasteiger partial charge in [-0.15, -0.1) is 0 Å². The molecule has 0 spiro atoms. The molecule has 3 rings (SSSR count). The minimum absolute atomic E-state index is 0.0150. The number of ether oxygens (including phenoxy) is 1. The summed E-state index contributed by atoms with van der Waals surface area (Å²) in [6, 6.07) is 9.18. The Morgan fingerprint density at radius 2 is 2.14 bits per heavy atom. The summed E-state index contributed by atoms with van der Waals surface area (Å²) in [4.78, 5) is 22.5. The number of benzene rings is 1. The maximum Gasteiger partial charge on any atom is 0.412 e. The lowest BCUT2D eigenvalue weighted by atomic mass is 10.0. The Hall–Kier alpha value is -2.89. The first-order chi connectivity index (χ1) is 10.7. The second-order valence-electron chi connectivity index (χ2n) is 5.11. The largest absolute Gasteiger partial charge is 0.419 e. The van der Waals surface area contributed by atoms with Gasteiger partial charge in [-0.3, -0.25) is 4.79 Å². The summed E-state index contributed by atoms with van der Waals surface area (Å²) in [5, 5.41) is 9.25. The highest BCUT2D eigenvalue weighted by atomic mass is 16.5. The summed E-state index contributed by atoms with van der Waals surface area (Å²) < 4.78 is 4.68. The Morgan fingerprint density at radius 3 is 2.86 bits per heavy atom. The molecule has 1 aliphatic carbocycles. The number of carbonyl (C=O) groups excluding carboxylic acids is 1. The molecule has 6 heteroatoms. The molecule has 1 heterocycles. The molecule has 1 atom stereocenters. The molecule has 0 saturated heterocycles. The summed E-state index contributed by atoms with van der Waals surface area (Å²) in [6.07, 6.45) is 2.12. The zero-order chi connectivity index (χ0) is 15.5. The van der Waals surface area contributed by atoms with Crippen LogP contribution in [0.3, 0.4) is 0 Å². The second kappa shape index (κ2) is 5.85. The molecule has 2 aromatic rings. The van der Waals surface area contributed by atoms with Gasteiger partial charge in [0.1, 0.15) is 0 Å². The van der Waals surface area contributed by atoms with Gasteiger partial charge >= 0.3 is 6.09 Å². The number of H-pyrrole nitrogens is 1. The Labute approximate surface area is 126 Å². The minimum Gasteiger partial charge on any atom is -0.419 e. The first kappa shape index (κ1) is 14.1. The van der Waals surface area contributed by atoms with Crippen LogP contribution in [-0.4, -0.2) is 22.3 Å². The number of rotatable bonds is 3. The molecule has 0 aliphatic heterocycles. The molecule has 0 fully saturated rings. The summed E-state index contributed by atoms with van der Waals surface area (Å²) in [5.74, 6) is 0. The van der Waals surface area contributed by atoms with Crippen molar-refractivity contribution in [2.45, 2.75) is 18.9 Å². The van der Waals surface area contributed by atoms with Crippen LogP contribution >= 0.6 is 0 Å². The average molecular weight is 297 g/mol. The quantitative estimate of drug-likeness (QED) is 0.846. The fourth-order valence-electron chi connectivity index (χ4n) is 2.66. The topological polar surface area (TPSA) is 84.1 Å². The van der Waals surface area contributed by atoms with Gasteiger partial charge < -0.3 is 10.1 Å². The van der Waals surface area contributed by atoms with E-state index in [1.165, 1.54) is 11.6 Å². The van der Waals surface area contributed by atoms with Crippen LogP contribution in [0, 0.1) is 0 Å². The lowest BCUT2D eigenvalue weighted by Crippen LogP contribution is -2.34. The van der Waals surface area contributed by atoms with E-state index in [2.05, 4.69) is 26.8 Å². The smallest absolute Gasteiger partial charge is 0.412 e. The lowest BCUT2D eigenvalue weighted by molar-refractivity contribution is 0.181. The van der Waals surface area contributed by atoms with Crippen molar-refractivity contribution in [3.8, 4) is 11.3 Å². The van der Waals surface area contributed by atoms with E-state index in [0.717, 1.165) is 30.2 Å². The van der Waals surface area contributed by atoms with Gasteiger partial charge in [0.15, 0.2) is 0 Å². The van der Waals surface area contributed by atoms with E-state index in [4.69, 9.17) is 0 Å². The summed E-state index contributed by atoms with van der Waals surface area (Å²) in [7, 11) is 0. The maximum atomic E-state index is 11.4. The van der Waals surface area contributed by atoms with Gasteiger partial charge in [-0.2, -0.15) is 5.10 Å². The fraction of sp³-hybridized carbons (Fsp3) is 0.188. The summed E-state index contributed by atoms with van der Waals surface area (Å²) in [6.45, 7) is 3.35. The number of nitrogens with one attached hydrogen (secondary N) is 2. The molecule has 1 aliphatic rings. The van der Waals surface area contributed by atoms with E-state index in [1.54, 1.807) is 6.07 Å². The van der Waals surface area contributed by atoms with Crippen molar-refractivity contribution in [3.05, 3.63) is 64.7 Å². The van der Waals surface area contributed by atoms with Crippen molar-refractivity contribution >= 4 is 6.09 Å². The Balaban J connectivity index is 1.77. The predicted molar refractivity (Wildman–Crippen MR) is 81.3 cm³/mol. The van der Waals surface area contributed by atoms with Gasteiger partial charge in [-0.05, 0) is 36.1 Å². The minimum atomic E-state index is -0.490. The third kappa shape index (κ3) is 2.90. The molecule has 0 bridgehead atoms. The zero-order valence-corrected chi connectivity index (χ0v) is 11.8. The number of nitrogens with zero attached hydrogens (tertiary/aromatic N) is 1. The maximum absolute atomic E-state index is 11.4. The normalized spacial score (nSPS) is 15.9. The highest BCUT2D eigenvalue weighted by Crippen LogP contribution is 2.27. The SMILES string of the molecule is C=COC(=O)NC1Cc2ccc(-c3ccc(=O)[nH]n3)cc2C1. The van der Waals surface area contributed by atoms with Gasteiger partial charge in [0.2, 0.25) is 0 Å². The zero-order valence-electron chi connectivity index (χ0n) is 11.8. The molecular formula is C16H15N3O3. The molecule has 6 nitrogen and oxygen atoms in total. The third-order valence-electron chi connectivity index (χ3n) is 3.63. The van der Waals surface area contributed by atoms with E-state index in [0.29, 0.717) is 5.69 Å². The van der Waals surface area contributed by atoms with Crippen molar-refractivity contribution in [2.24, 2.45) is 0 Å². The van der Waals surface area contributed by atoms with Crippen LogP contribution in [0.15, 0.2) is 48.0 Å². The fourth-order valence-corrected chi connectivity index (χ4v) is 2.66. The molecule has 2 N–H and O–H groups in total. The van der Waals surface area contributed by atoms with Gasteiger partial charge in [0.25, 0.3) is 5.56 Å². The van der Waals surface area contributed by atoms with Gasteiger partial charge in [0.05, 0.1) is 12.0 Å². The summed E-state index contributed by atoms with van der Waals surface area (Å²) >= 11 is 0. The van der Waals surface area contributed by atoms with E-state index < -0.39 is 6.09 Å². The number of alkyl carbamates (subject to hydrolysis) is 1. The van der Waals surface area contributed by atoms with E-state index >= 15 is 0 Å². The van der Waals surface area contributed by atoms with Crippen LogP contribution in [-0.2, 0) is 17.6 Å². The van der Waals surface area contributed by atoms with Crippen LogP contribution in [0.25, 0.3) is 11.3 Å². The number of hydrogen-bond donors (Lipinski definition) is 2. The van der Waals surface area contributed by atoms with Crippen molar-refractivity contribution < 1.29 is 9.53 Å². The van der Waals surface area contributed by atoms with Crippen molar-refractivity contribution in [3.63, 3.8) is 0 Å². The van der Waals surface area contributed by atoms with Gasteiger partial charge in [-0.1, -0.05) is 18.7 Å². The van der Waals surface area contributed by atoms with E-state index in [1.807, 2.05) is 18.2 Å². The first-order valence-electron chi connectivity index (χ1n) is 6.91. The Kier molecular flexibility index (Phi) is 3.74. The van der Waals surface area contributed by atoms with E-state index in [-0.39, 0.29) is 11.6 Å². The highest BCUT2D eigenvalue weighted by Gasteiger charge is 2.23. The van der Waals surface area contributed by atoms with Crippen LogP contribution in [0.4, 0.5) is 4.79 Å². The van der Waals surface area contributed by atoms with Crippen LogP contribution in [0.1, 0.15) is 11.1 Å². The standard InChI is InChI=1S/C16H15N3O3/c1-2-22-16(21)17-13-8-10-3-4-11(7-12(10)9-13)14-5-6-15(20)19-18-14/h2-7,13H,1,8-9H2,(H,17,21)(H,19,20). The number of aromatic nitrogens is 2. The van der Waals surface area contributed by atoms with Gasteiger partial charge in [0, 0.05) is 17.7 Å². The lowest BCUT2D eigenvalue weighted by Gasteiger charge is -2.09. The molecule has 1 unspecified atom stereocenters. The van der Waals surface area contributed by atoms with Crippen LogP contribution in [0.5, 0.6) is 0 Å². The van der Waals surface area contributed by atoms with Crippen LogP contribution in [0.2, 0.25) is 0 Å². The Bertz CT molecular complexity index is 762. The van der Waals surface area contributed by atoms with Crippen LogP contribution < -0.4 is 10.9 Å².